The SMILES string of the molecule is CC(CNC(=O)N1Cc2ccccc2C1)CC(=O)O. The standard InChI is InChI=1S/C14H18N2O3/c1-10(6-13(17)18)7-15-14(19)16-8-11-4-2-3-5-12(11)9-16/h2-5,10H,6-9H2,1H3,(H,15,19)(H,17,18). The molecule has 1 unspecified atom stereocenters. The van der Waals surface area contributed by atoms with Gasteiger partial charge >= 0.3 is 12.0 Å². The quantitative estimate of drug-likeness (QED) is 0.869. The van der Waals surface area contributed by atoms with E-state index in [1.165, 1.54) is 11.1 Å². The zero-order valence-electron chi connectivity index (χ0n) is 10.9. The van der Waals surface area contributed by atoms with Crippen molar-refractivity contribution in [2.75, 3.05) is 6.54 Å². The Morgan fingerprint density at radius 1 is 1.32 bits per heavy atom. The number of urea groups is 1. The summed E-state index contributed by atoms with van der Waals surface area (Å²) in [6, 6.07) is 7.85. The summed E-state index contributed by atoms with van der Waals surface area (Å²) in [6.45, 7) is 3.44. The first-order chi connectivity index (χ1) is 9.06. The second-order valence-corrected chi connectivity index (χ2v) is 5.01. The van der Waals surface area contributed by atoms with E-state index in [0.29, 0.717) is 19.6 Å². The normalized spacial score (nSPS) is 14.9. The molecule has 1 aromatic carbocycles. The molecule has 0 aliphatic carbocycles. The predicted molar refractivity (Wildman–Crippen MR) is 70.5 cm³/mol. The van der Waals surface area contributed by atoms with Crippen molar-refractivity contribution in [2.45, 2.75) is 26.4 Å². The lowest BCUT2D eigenvalue weighted by atomic mass is 10.1. The zero-order valence-corrected chi connectivity index (χ0v) is 10.9. The van der Waals surface area contributed by atoms with Gasteiger partial charge in [-0.3, -0.25) is 4.79 Å². The lowest BCUT2D eigenvalue weighted by Crippen LogP contribution is -2.38. The maximum Gasteiger partial charge on any atom is 0.318 e. The van der Waals surface area contributed by atoms with Crippen LogP contribution >= 0.6 is 0 Å². The number of fused-ring (bicyclic) bond motifs is 1. The van der Waals surface area contributed by atoms with Gasteiger partial charge in [-0.25, -0.2) is 4.79 Å². The molecule has 5 nitrogen and oxygen atoms in total. The molecule has 0 aromatic heterocycles. The Balaban J connectivity index is 1.81. The van der Waals surface area contributed by atoms with Crippen LogP contribution in [0.5, 0.6) is 0 Å². The fourth-order valence-corrected chi connectivity index (χ4v) is 2.22. The molecular formula is C14H18N2O3. The summed E-state index contributed by atoms with van der Waals surface area (Å²) < 4.78 is 0. The van der Waals surface area contributed by atoms with E-state index in [1.54, 1.807) is 4.90 Å². The number of hydrogen-bond donors (Lipinski definition) is 2. The van der Waals surface area contributed by atoms with Gasteiger partial charge in [-0.1, -0.05) is 31.2 Å². The highest BCUT2D eigenvalue weighted by atomic mass is 16.4. The van der Waals surface area contributed by atoms with Gasteiger partial charge in [-0.05, 0) is 17.0 Å². The molecule has 0 spiro atoms. The Bertz CT molecular complexity index is 462. The monoisotopic (exact) mass is 262 g/mol. The van der Waals surface area contributed by atoms with Crippen LogP contribution in [-0.4, -0.2) is 28.6 Å². The highest BCUT2D eigenvalue weighted by Gasteiger charge is 2.22. The number of carboxylic acids is 1. The third-order valence-electron chi connectivity index (χ3n) is 3.25. The second kappa shape index (κ2) is 5.73. The van der Waals surface area contributed by atoms with Gasteiger partial charge in [0.25, 0.3) is 0 Å². The number of rotatable bonds is 4. The Morgan fingerprint density at radius 3 is 2.42 bits per heavy atom. The Hall–Kier alpha value is -2.04. The first kappa shape index (κ1) is 13.4. The van der Waals surface area contributed by atoms with Gasteiger partial charge in [0.15, 0.2) is 0 Å². The molecule has 5 heteroatoms. The molecule has 0 radical (unpaired) electrons. The first-order valence-electron chi connectivity index (χ1n) is 6.37. The van der Waals surface area contributed by atoms with Crippen LogP contribution in [0.25, 0.3) is 0 Å². The van der Waals surface area contributed by atoms with Gasteiger partial charge < -0.3 is 15.3 Å². The van der Waals surface area contributed by atoms with Crippen LogP contribution in [0.1, 0.15) is 24.5 Å². The van der Waals surface area contributed by atoms with Crippen molar-refractivity contribution in [1.82, 2.24) is 10.2 Å². The molecule has 1 aliphatic rings. The minimum atomic E-state index is -0.838. The van der Waals surface area contributed by atoms with E-state index in [2.05, 4.69) is 5.32 Å². The van der Waals surface area contributed by atoms with Crippen LogP contribution < -0.4 is 5.32 Å². The first-order valence-corrected chi connectivity index (χ1v) is 6.37. The molecule has 2 amide bonds. The van der Waals surface area contributed by atoms with E-state index in [1.807, 2.05) is 31.2 Å². The lowest BCUT2D eigenvalue weighted by molar-refractivity contribution is -0.137. The summed E-state index contributed by atoms with van der Waals surface area (Å²) in [5.74, 6) is -0.901. The summed E-state index contributed by atoms with van der Waals surface area (Å²) in [7, 11) is 0. The van der Waals surface area contributed by atoms with Crippen molar-refractivity contribution in [1.29, 1.82) is 0 Å². The molecule has 1 aliphatic heterocycles. The van der Waals surface area contributed by atoms with Gasteiger partial charge in [-0.15, -0.1) is 0 Å². The van der Waals surface area contributed by atoms with E-state index >= 15 is 0 Å². The summed E-state index contributed by atoms with van der Waals surface area (Å²) in [5.41, 5.74) is 2.35. The molecule has 19 heavy (non-hydrogen) atoms. The van der Waals surface area contributed by atoms with Crippen molar-refractivity contribution in [3.63, 3.8) is 0 Å². The van der Waals surface area contributed by atoms with Crippen molar-refractivity contribution in [2.24, 2.45) is 5.92 Å². The van der Waals surface area contributed by atoms with Gasteiger partial charge in [-0.2, -0.15) is 0 Å². The van der Waals surface area contributed by atoms with E-state index < -0.39 is 5.97 Å². The molecule has 0 saturated carbocycles. The topological polar surface area (TPSA) is 69.6 Å². The maximum atomic E-state index is 12.0. The van der Waals surface area contributed by atoms with Crippen molar-refractivity contribution >= 4 is 12.0 Å². The molecule has 0 saturated heterocycles. The molecule has 1 aromatic rings. The third kappa shape index (κ3) is 3.47. The largest absolute Gasteiger partial charge is 0.481 e. The van der Waals surface area contributed by atoms with E-state index in [-0.39, 0.29) is 18.4 Å². The highest BCUT2D eigenvalue weighted by Crippen LogP contribution is 2.21. The number of carboxylic acid groups (broad SMARTS) is 1. The molecule has 2 rings (SSSR count). The smallest absolute Gasteiger partial charge is 0.318 e. The molecule has 1 heterocycles. The molecule has 0 bridgehead atoms. The van der Waals surface area contributed by atoms with Gasteiger partial charge in [0, 0.05) is 26.1 Å². The summed E-state index contributed by atoms with van der Waals surface area (Å²) in [6.07, 6.45) is 0.0699. The van der Waals surface area contributed by atoms with Crippen LogP contribution in [0.4, 0.5) is 4.79 Å². The second-order valence-electron chi connectivity index (χ2n) is 5.01. The summed E-state index contributed by atoms with van der Waals surface area (Å²) >= 11 is 0. The molecule has 0 fully saturated rings. The minimum Gasteiger partial charge on any atom is -0.481 e. The van der Waals surface area contributed by atoms with E-state index in [9.17, 15) is 9.59 Å². The van der Waals surface area contributed by atoms with E-state index in [4.69, 9.17) is 5.11 Å². The Morgan fingerprint density at radius 2 is 1.89 bits per heavy atom. The number of carbonyl (C=O) groups excluding carboxylic acids is 1. The van der Waals surface area contributed by atoms with Gasteiger partial charge in [0.2, 0.25) is 0 Å². The van der Waals surface area contributed by atoms with Crippen LogP contribution in [0.3, 0.4) is 0 Å². The van der Waals surface area contributed by atoms with Crippen molar-refractivity contribution in [3.8, 4) is 0 Å². The van der Waals surface area contributed by atoms with Crippen molar-refractivity contribution in [3.05, 3.63) is 35.4 Å². The van der Waals surface area contributed by atoms with Crippen LogP contribution in [0.15, 0.2) is 24.3 Å². The number of aliphatic carboxylic acids is 1. The fraction of sp³-hybridized carbons (Fsp3) is 0.429. The highest BCUT2D eigenvalue weighted by molar-refractivity contribution is 5.75. The van der Waals surface area contributed by atoms with Gasteiger partial charge in [0.05, 0.1) is 0 Å². The molecule has 1 atom stereocenters. The predicted octanol–water partition coefficient (Wildman–Crippen LogP) is 1.82. The van der Waals surface area contributed by atoms with Crippen molar-refractivity contribution < 1.29 is 14.7 Å². The Labute approximate surface area is 112 Å². The maximum absolute atomic E-state index is 12.0. The molecule has 2 N–H and O–H groups in total. The zero-order chi connectivity index (χ0) is 13.8. The lowest BCUT2D eigenvalue weighted by Gasteiger charge is -2.18. The average molecular weight is 262 g/mol. The Kier molecular flexibility index (Phi) is 4.04. The average Bonchev–Trinajstić information content (AvgIpc) is 2.78. The van der Waals surface area contributed by atoms with E-state index in [0.717, 1.165) is 0 Å². The number of nitrogens with one attached hydrogen (secondary N) is 1. The third-order valence-corrected chi connectivity index (χ3v) is 3.25. The number of hydrogen-bond acceptors (Lipinski definition) is 2. The van der Waals surface area contributed by atoms with Crippen LogP contribution in [0.2, 0.25) is 0 Å². The fourth-order valence-electron chi connectivity index (χ4n) is 2.22. The number of nitrogens with zero attached hydrogens (tertiary/aromatic N) is 1. The number of carbonyl (C=O) groups is 2. The molecular weight excluding hydrogens is 244 g/mol. The van der Waals surface area contributed by atoms with Gasteiger partial charge in [0.1, 0.15) is 0 Å². The number of benzene rings is 1. The van der Waals surface area contributed by atoms with Crippen LogP contribution in [-0.2, 0) is 17.9 Å². The summed E-state index contributed by atoms with van der Waals surface area (Å²) in [4.78, 5) is 24.2. The minimum absolute atomic E-state index is 0.0635. The molecule has 102 valence electrons. The number of amides is 2. The summed E-state index contributed by atoms with van der Waals surface area (Å²) in [5, 5.41) is 11.4. The van der Waals surface area contributed by atoms with Crippen LogP contribution in [0, 0.1) is 5.92 Å².